The van der Waals surface area contributed by atoms with Crippen molar-refractivity contribution in [2.45, 2.75) is 38.2 Å². The van der Waals surface area contributed by atoms with Crippen LogP contribution in [0.2, 0.25) is 0 Å². The van der Waals surface area contributed by atoms with Crippen LogP contribution in [0, 0.1) is 12.8 Å². The zero-order chi connectivity index (χ0) is 17.0. The Morgan fingerprint density at radius 3 is 2.52 bits per heavy atom. The Bertz CT molecular complexity index is 736. The van der Waals surface area contributed by atoms with E-state index in [0.29, 0.717) is 6.42 Å². The number of hydrogen-bond acceptors (Lipinski definition) is 4. The standard InChI is InChI=1S/C16H23N3O3S/c1-12-4-6-15(7-5-12)19-11-16(10-17-19)23(21,22)18-9-13(2)8-14(3)20/h4-7,10-11,13-14,18,20H,8-9H2,1-3H3. The maximum absolute atomic E-state index is 12.3. The molecule has 0 bridgehead atoms. The van der Waals surface area contributed by atoms with Gasteiger partial charge in [-0.25, -0.2) is 17.8 Å². The second-order valence-corrected chi connectivity index (χ2v) is 7.76. The fraction of sp³-hybridized carbons (Fsp3) is 0.438. The largest absolute Gasteiger partial charge is 0.393 e. The first-order valence-corrected chi connectivity index (χ1v) is 9.05. The second-order valence-electron chi connectivity index (χ2n) is 6.00. The van der Waals surface area contributed by atoms with E-state index in [2.05, 4.69) is 9.82 Å². The molecule has 23 heavy (non-hydrogen) atoms. The molecule has 7 heteroatoms. The van der Waals surface area contributed by atoms with Gasteiger partial charge in [0, 0.05) is 6.54 Å². The van der Waals surface area contributed by atoms with Crippen molar-refractivity contribution in [3.63, 3.8) is 0 Å². The first-order chi connectivity index (χ1) is 10.8. The van der Waals surface area contributed by atoms with Crippen LogP contribution in [0.3, 0.4) is 0 Å². The number of nitrogens with one attached hydrogen (secondary N) is 1. The molecule has 0 aliphatic carbocycles. The summed E-state index contributed by atoms with van der Waals surface area (Å²) in [7, 11) is -3.60. The minimum atomic E-state index is -3.60. The van der Waals surface area contributed by atoms with Crippen molar-refractivity contribution >= 4 is 10.0 Å². The molecule has 6 nitrogen and oxygen atoms in total. The van der Waals surface area contributed by atoms with Gasteiger partial charge < -0.3 is 5.11 Å². The van der Waals surface area contributed by atoms with E-state index in [4.69, 9.17) is 0 Å². The molecule has 0 amide bonds. The number of aromatic nitrogens is 2. The van der Waals surface area contributed by atoms with Gasteiger partial charge in [-0.15, -0.1) is 0 Å². The van der Waals surface area contributed by atoms with E-state index in [-0.39, 0.29) is 17.4 Å². The van der Waals surface area contributed by atoms with E-state index >= 15 is 0 Å². The van der Waals surface area contributed by atoms with E-state index in [1.807, 2.05) is 38.1 Å². The molecule has 0 saturated carbocycles. The predicted octanol–water partition coefficient (Wildman–Crippen LogP) is 1.87. The first-order valence-electron chi connectivity index (χ1n) is 7.57. The maximum Gasteiger partial charge on any atom is 0.243 e. The molecule has 1 aromatic carbocycles. The number of benzene rings is 1. The van der Waals surface area contributed by atoms with Crippen LogP contribution in [0.15, 0.2) is 41.6 Å². The lowest BCUT2D eigenvalue weighted by Gasteiger charge is -2.13. The van der Waals surface area contributed by atoms with Crippen LogP contribution in [0.4, 0.5) is 0 Å². The number of aliphatic hydroxyl groups excluding tert-OH is 1. The monoisotopic (exact) mass is 337 g/mol. The summed E-state index contributed by atoms with van der Waals surface area (Å²) in [5.41, 5.74) is 1.93. The highest BCUT2D eigenvalue weighted by atomic mass is 32.2. The van der Waals surface area contributed by atoms with E-state index in [1.165, 1.54) is 17.1 Å². The minimum Gasteiger partial charge on any atom is -0.393 e. The molecular weight excluding hydrogens is 314 g/mol. The number of sulfonamides is 1. The second kappa shape index (κ2) is 7.25. The first kappa shape index (κ1) is 17.7. The van der Waals surface area contributed by atoms with Crippen LogP contribution in [-0.4, -0.2) is 36.0 Å². The van der Waals surface area contributed by atoms with Gasteiger partial charge in [0.25, 0.3) is 0 Å². The van der Waals surface area contributed by atoms with Crippen LogP contribution in [0.25, 0.3) is 5.69 Å². The van der Waals surface area contributed by atoms with Gasteiger partial charge in [-0.05, 0) is 38.3 Å². The van der Waals surface area contributed by atoms with Crippen LogP contribution in [-0.2, 0) is 10.0 Å². The molecule has 0 saturated heterocycles. The van der Waals surface area contributed by atoms with Gasteiger partial charge in [0.15, 0.2) is 0 Å². The Morgan fingerprint density at radius 2 is 1.91 bits per heavy atom. The number of hydrogen-bond donors (Lipinski definition) is 2. The maximum atomic E-state index is 12.3. The van der Waals surface area contributed by atoms with Crippen molar-refractivity contribution < 1.29 is 13.5 Å². The zero-order valence-corrected chi connectivity index (χ0v) is 14.4. The molecule has 2 N–H and O–H groups in total. The molecule has 0 radical (unpaired) electrons. The molecule has 0 aliphatic heterocycles. The van der Waals surface area contributed by atoms with Crippen LogP contribution in [0.5, 0.6) is 0 Å². The highest BCUT2D eigenvalue weighted by Gasteiger charge is 2.18. The van der Waals surface area contributed by atoms with Crippen LogP contribution in [0.1, 0.15) is 25.8 Å². The lowest BCUT2D eigenvalue weighted by molar-refractivity contribution is 0.165. The number of aliphatic hydroxyl groups is 1. The Kier molecular flexibility index (Phi) is 5.56. The molecule has 2 aromatic rings. The third-order valence-electron chi connectivity index (χ3n) is 3.53. The third-order valence-corrected chi connectivity index (χ3v) is 4.91. The fourth-order valence-electron chi connectivity index (χ4n) is 2.28. The number of nitrogens with zero attached hydrogens (tertiary/aromatic N) is 2. The van der Waals surface area contributed by atoms with Gasteiger partial charge in [-0.1, -0.05) is 24.6 Å². The van der Waals surface area contributed by atoms with Crippen molar-refractivity contribution in [2.75, 3.05) is 6.54 Å². The summed E-state index contributed by atoms with van der Waals surface area (Å²) in [6, 6.07) is 7.66. The molecule has 2 unspecified atom stereocenters. The van der Waals surface area contributed by atoms with Gasteiger partial charge in [0.2, 0.25) is 10.0 Å². The van der Waals surface area contributed by atoms with Crippen molar-refractivity contribution in [1.29, 1.82) is 0 Å². The molecule has 2 atom stereocenters. The molecule has 0 spiro atoms. The summed E-state index contributed by atoms with van der Waals surface area (Å²) < 4.78 is 28.7. The highest BCUT2D eigenvalue weighted by Crippen LogP contribution is 2.14. The van der Waals surface area contributed by atoms with E-state index in [9.17, 15) is 13.5 Å². The molecule has 1 aromatic heterocycles. The normalized spacial score (nSPS) is 14.6. The smallest absolute Gasteiger partial charge is 0.243 e. The average Bonchev–Trinajstić information content (AvgIpc) is 2.96. The Hall–Kier alpha value is -1.70. The molecule has 0 aliphatic rings. The molecule has 2 rings (SSSR count). The topological polar surface area (TPSA) is 84.2 Å². The predicted molar refractivity (Wildman–Crippen MR) is 89.0 cm³/mol. The molecule has 126 valence electrons. The summed E-state index contributed by atoms with van der Waals surface area (Å²) in [5.74, 6) is 0.0527. The zero-order valence-electron chi connectivity index (χ0n) is 13.6. The Labute approximate surface area is 137 Å². The van der Waals surface area contributed by atoms with Crippen molar-refractivity contribution in [3.05, 3.63) is 42.2 Å². The van der Waals surface area contributed by atoms with Crippen LogP contribution < -0.4 is 4.72 Å². The highest BCUT2D eigenvalue weighted by molar-refractivity contribution is 7.89. The van der Waals surface area contributed by atoms with Crippen LogP contribution >= 0.6 is 0 Å². The van der Waals surface area contributed by atoms with Crippen molar-refractivity contribution in [2.24, 2.45) is 5.92 Å². The fourth-order valence-corrected chi connectivity index (χ4v) is 3.38. The lowest BCUT2D eigenvalue weighted by Crippen LogP contribution is -2.29. The van der Waals surface area contributed by atoms with Gasteiger partial charge in [0.05, 0.1) is 24.2 Å². The van der Waals surface area contributed by atoms with Crippen molar-refractivity contribution in [3.8, 4) is 5.69 Å². The quantitative estimate of drug-likeness (QED) is 0.808. The lowest BCUT2D eigenvalue weighted by atomic mass is 10.1. The van der Waals surface area contributed by atoms with Crippen molar-refractivity contribution in [1.82, 2.24) is 14.5 Å². The van der Waals surface area contributed by atoms with Gasteiger partial charge in [-0.2, -0.15) is 5.10 Å². The number of aryl methyl sites for hydroxylation is 1. The summed E-state index contributed by atoms with van der Waals surface area (Å²) in [5, 5.41) is 13.4. The Morgan fingerprint density at radius 1 is 1.26 bits per heavy atom. The molecule has 0 fully saturated rings. The summed E-state index contributed by atoms with van der Waals surface area (Å²) >= 11 is 0. The molecular formula is C16H23N3O3S. The third kappa shape index (κ3) is 4.89. The van der Waals surface area contributed by atoms with E-state index < -0.39 is 16.1 Å². The Balaban J connectivity index is 2.08. The summed E-state index contributed by atoms with van der Waals surface area (Å²) in [6.07, 6.45) is 2.93. The average molecular weight is 337 g/mol. The molecule has 1 heterocycles. The van der Waals surface area contributed by atoms with Gasteiger partial charge in [0.1, 0.15) is 4.90 Å². The SMILES string of the molecule is Cc1ccc(-n2cc(S(=O)(=O)NCC(C)CC(C)O)cn2)cc1. The van der Waals surface area contributed by atoms with E-state index in [1.54, 1.807) is 6.92 Å². The summed E-state index contributed by atoms with van der Waals surface area (Å²) in [4.78, 5) is 0.127. The summed E-state index contributed by atoms with van der Waals surface area (Å²) in [6.45, 7) is 5.85. The van der Waals surface area contributed by atoms with E-state index in [0.717, 1.165) is 11.3 Å². The van der Waals surface area contributed by atoms with Gasteiger partial charge in [-0.3, -0.25) is 0 Å². The van der Waals surface area contributed by atoms with Gasteiger partial charge >= 0.3 is 0 Å². The number of rotatable bonds is 7. The minimum absolute atomic E-state index is 0.0527.